The molecule has 7 heteroatoms. The number of nitrogens with zero attached hydrogens (tertiary/aromatic N) is 1. The molecule has 2 aromatic carbocycles. The summed E-state index contributed by atoms with van der Waals surface area (Å²) in [6, 6.07) is 16.8. The molecule has 0 saturated carbocycles. The summed E-state index contributed by atoms with van der Waals surface area (Å²) in [4.78, 5) is 16.8. The van der Waals surface area contributed by atoms with Gasteiger partial charge in [0.2, 0.25) is 6.79 Å². The lowest BCUT2D eigenvalue weighted by atomic mass is 10.2. The van der Waals surface area contributed by atoms with Crippen LogP contribution < -0.4 is 24.8 Å². The van der Waals surface area contributed by atoms with Crippen LogP contribution in [0, 0.1) is 0 Å². The Balaban J connectivity index is 1.34. The van der Waals surface area contributed by atoms with Crippen LogP contribution in [0.15, 0.2) is 60.8 Å². The molecule has 1 amide bonds. The van der Waals surface area contributed by atoms with Gasteiger partial charge in [0, 0.05) is 24.8 Å². The topological polar surface area (TPSA) is 81.7 Å². The van der Waals surface area contributed by atoms with Crippen LogP contribution >= 0.6 is 0 Å². The zero-order valence-electron chi connectivity index (χ0n) is 16.0. The molecule has 148 valence electrons. The van der Waals surface area contributed by atoms with E-state index in [4.69, 9.17) is 14.2 Å². The maximum absolute atomic E-state index is 12.5. The number of methoxy groups -OCH3 is 1. The Hall–Kier alpha value is -3.74. The summed E-state index contributed by atoms with van der Waals surface area (Å²) in [5, 5.41) is 6.15. The molecule has 1 aromatic heterocycles. The largest absolute Gasteiger partial charge is 0.497 e. The van der Waals surface area contributed by atoms with Crippen molar-refractivity contribution in [2.75, 3.05) is 19.2 Å². The lowest BCUT2D eigenvalue weighted by Gasteiger charge is -2.09. The number of anilines is 1. The van der Waals surface area contributed by atoms with Crippen LogP contribution in [0.4, 0.5) is 5.82 Å². The maximum Gasteiger partial charge on any atom is 0.251 e. The predicted octanol–water partition coefficient (Wildman–Crippen LogP) is 3.36. The van der Waals surface area contributed by atoms with E-state index in [1.807, 2.05) is 42.5 Å². The molecule has 0 atom stereocenters. The number of ether oxygens (including phenoxy) is 3. The first-order valence-corrected chi connectivity index (χ1v) is 9.21. The highest BCUT2D eigenvalue weighted by atomic mass is 16.7. The van der Waals surface area contributed by atoms with Gasteiger partial charge in [0.15, 0.2) is 11.5 Å². The van der Waals surface area contributed by atoms with E-state index in [0.717, 1.165) is 28.4 Å². The number of carbonyl (C=O) groups is 1. The third-order valence-corrected chi connectivity index (χ3v) is 4.54. The first-order valence-electron chi connectivity index (χ1n) is 9.21. The van der Waals surface area contributed by atoms with Gasteiger partial charge in [-0.1, -0.05) is 18.2 Å². The molecule has 0 fully saturated rings. The second-order valence-corrected chi connectivity index (χ2v) is 6.50. The second kappa shape index (κ2) is 8.52. The van der Waals surface area contributed by atoms with E-state index >= 15 is 0 Å². The Kier molecular flexibility index (Phi) is 5.47. The fourth-order valence-corrected chi connectivity index (χ4v) is 2.94. The average molecular weight is 391 g/mol. The molecule has 0 unspecified atom stereocenters. The van der Waals surface area contributed by atoms with Crippen LogP contribution in [-0.2, 0) is 13.1 Å². The summed E-state index contributed by atoms with van der Waals surface area (Å²) >= 11 is 0. The van der Waals surface area contributed by atoms with Crippen LogP contribution in [0.1, 0.15) is 21.5 Å². The van der Waals surface area contributed by atoms with Crippen LogP contribution in [0.5, 0.6) is 17.2 Å². The Morgan fingerprint density at radius 3 is 2.62 bits per heavy atom. The summed E-state index contributed by atoms with van der Waals surface area (Å²) in [5.74, 6) is 2.74. The maximum atomic E-state index is 12.5. The van der Waals surface area contributed by atoms with E-state index in [2.05, 4.69) is 15.6 Å². The van der Waals surface area contributed by atoms with E-state index in [1.54, 1.807) is 25.4 Å². The number of hydrogen-bond donors (Lipinski definition) is 2. The smallest absolute Gasteiger partial charge is 0.251 e. The fraction of sp³-hybridized carbons (Fsp3) is 0.182. The van der Waals surface area contributed by atoms with Crippen LogP contribution in [0.25, 0.3) is 0 Å². The zero-order chi connectivity index (χ0) is 20.1. The zero-order valence-corrected chi connectivity index (χ0v) is 16.0. The molecule has 2 heterocycles. The number of hydrogen-bond acceptors (Lipinski definition) is 6. The number of aromatic nitrogens is 1. The number of nitrogens with one attached hydrogen (secondary N) is 2. The predicted molar refractivity (Wildman–Crippen MR) is 108 cm³/mol. The summed E-state index contributed by atoms with van der Waals surface area (Å²) < 4.78 is 15.9. The minimum atomic E-state index is -0.158. The van der Waals surface area contributed by atoms with Gasteiger partial charge in [-0.15, -0.1) is 0 Å². The minimum absolute atomic E-state index is 0.158. The summed E-state index contributed by atoms with van der Waals surface area (Å²) in [5.41, 5.74) is 2.57. The molecule has 0 radical (unpaired) electrons. The SMILES string of the molecule is COc1ccc(CNC(=O)c2ccnc(NCc3ccc4c(c3)OCO4)c2)cc1. The molecule has 0 saturated heterocycles. The Bertz CT molecular complexity index is 1010. The van der Waals surface area contributed by atoms with E-state index in [9.17, 15) is 4.79 Å². The lowest BCUT2D eigenvalue weighted by molar-refractivity contribution is 0.0951. The van der Waals surface area contributed by atoms with E-state index in [0.29, 0.717) is 24.5 Å². The third kappa shape index (κ3) is 4.57. The van der Waals surface area contributed by atoms with Crippen molar-refractivity contribution in [3.05, 3.63) is 77.5 Å². The molecule has 0 spiro atoms. The fourth-order valence-electron chi connectivity index (χ4n) is 2.94. The molecule has 0 aliphatic carbocycles. The van der Waals surface area contributed by atoms with Crippen molar-refractivity contribution in [3.8, 4) is 17.2 Å². The molecule has 1 aliphatic heterocycles. The van der Waals surface area contributed by atoms with Gasteiger partial charge in [0.1, 0.15) is 11.6 Å². The first kappa shape index (κ1) is 18.6. The van der Waals surface area contributed by atoms with Crippen molar-refractivity contribution in [2.45, 2.75) is 13.1 Å². The quantitative estimate of drug-likeness (QED) is 0.643. The molecule has 4 rings (SSSR count). The van der Waals surface area contributed by atoms with Crippen molar-refractivity contribution in [1.82, 2.24) is 10.3 Å². The van der Waals surface area contributed by atoms with E-state index in [-0.39, 0.29) is 12.7 Å². The molecule has 2 N–H and O–H groups in total. The number of amides is 1. The van der Waals surface area contributed by atoms with Crippen LogP contribution in [0.3, 0.4) is 0 Å². The molecular formula is C22H21N3O4. The highest BCUT2D eigenvalue weighted by Crippen LogP contribution is 2.32. The molecular weight excluding hydrogens is 370 g/mol. The van der Waals surface area contributed by atoms with Gasteiger partial charge in [0.05, 0.1) is 7.11 Å². The van der Waals surface area contributed by atoms with Crippen molar-refractivity contribution in [3.63, 3.8) is 0 Å². The van der Waals surface area contributed by atoms with Crippen molar-refractivity contribution in [2.24, 2.45) is 0 Å². The van der Waals surface area contributed by atoms with E-state index in [1.165, 1.54) is 0 Å². The van der Waals surface area contributed by atoms with Gasteiger partial charge < -0.3 is 24.8 Å². The van der Waals surface area contributed by atoms with Crippen molar-refractivity contribution < 1.29 is 19.0 Å². The Labute approximate surface area is 168 Å². The summed E-state index contributed by atoms with van der Waals surface area (Å²) in [7, 11) is 1.62. The molecule has 1 aliphatic rings. The van der Waals surface area contributed by atoms with Gasteiger partial charge in [0.25, 0.3) is 5.91 Å². The standard InChI is InChI=1S/C22H21N3O4/c1-27-18-5-2-15(3-6-18)12-25-22(26)17-8-9-23-21(11-17)24-13-16-4-7-19-20(10-16)29-14-28-19/h2-11H,12-14H2,1H3,(H,23,24)(H,25,26). The van der Waals surface area contributed by atoms with Gasteiger partial charge in [-0.05, 0) is 47.5 Å². The van der Waals surface area contributed by atoms with Crippen molar-refractivity contribution >= 4 is 11.7 Å². The normalized spacial score (nSPS) is 11.8. The van der Waals surface area contributed by atoms with Gasteiger partial charge >= 0.3 is 0 Å². The van der Waals surface area contributed by atoms with Gasteiger partial charge in [-0.25, -0.2) is 4.98 Å². The van der Waals surface area contributed by atoms with Crippen LogP contribution in [-0.4, -0.2) is 24.8 Å². The summed E-state index contributed by atoms with van der Waals surface area (Å²) in [6.45, 7) is 1.24. The molecule has 0 bridgehead atoms. The molecule has 3 aromatic rings. The number of fused-ring (bicyclic) bond motifs is 1. The lowest BCUT2D eigenvalue weighted by Crippen LogP contribution is -2.23. The first-order chi connectivity index (χ1) is 14.2. The average Bonchev–Trinajstić information content (AvgIpc) is 3.24. The monoisotopic (exact) mass is 391 g/mol. The summed E-state index contributed by atoms with van der Waals surface area (Å²) in [6.07, 6.45) is 1.62. The number of benzene rings is 2. The number of pyridine rings is 1. The van der Waals surface area contributed by atoms with E-state index < -0.39 is 0 Å². The third-order valence-electron chi connectivity index (χ3n) is 4.54. The minimum Gasteiger partial charge on any atom is -0.497 e. The van der Waals surface area contributed by atoms with Gasteiger partial charge in [-0.2, -0.15) is 0 Å². The molecule has 7 nitrogen and oxygen atoms in total. The number of carbonyl (C=O) groups excluding carboxylic acids is 1. The Morgan fingerprint density at radius 1 is 1.00 bits per heavy atom. The van der Waals surface area contributed by atoms with Gasteiger partial charge in [-0.3, -0.25) is 4.79 Å². The van der Waals surface area contributed by atoms with Crippen molar-refractivity contribution in [1.29, 1.82) is 0 Å². The number of rotatable bonds is 7. The van der Waals surface area contributed by atoms with Crippen LogP contribution in [0.2, 0.25) is 0 Å². The second-order valence-electron chi connectivity index (χ2n) is 6.50. The molecule has 29 heavy (non-hydrogen) atoms. The highest BCUT2D eigenvalue weighted by molar-refractivity contribution is 5.94. The highest BCUT2D eigenvalue weighted by Gasteiger charge is 2.13. The Morgan fingerprint density at radius 2 is 1.79 bits per heavy atom.